The summed E-state index contributed by atoms with van der Waals surface area (Å²) in [4.78, 5) is 3.70. The zero-order chi connectivity index (χ0) is 15.8. The van der Waals surface area contributed by atoms with Gasteiger partial charge in [0, 0.05) is 16.6 Å². The Morgan fingerprint density at radius 1 is 1.29 bits per heavy atom. The number of thiazole rings is 1. The molecule has 0 bridgehead atoms. The summed E-state index contributed by atoms with van der Waals surface area (Å²) in [5, 5.41) is 0.837. The number of aromatic nitrogens is 1. The van der Waals surface area contributed by atoms with Gasteiger partial charge in [-0.15, -0.1) is 11.3 Å². The second kappa shape index (κ2) is 5.15. The molecule has 0 aliphatic carbocycles. The fourth-order valence-electron chi connectivity index (χ4n) is 1.38. The van der Waals surface area contributed by atoms with E-state index in [0.717, 1.165) is 12.1 Å². The number of nitrogens with two attached hydrogens (primary N) is 1. The average molecular weight is 341 g/mol. The molecule has 0 fully saturated rings. The van der Waals surface area contributed by atoms with Gasteiger partial charge in [0.05, 0.1) is 5.69 Å². The lowest BCUT2D eigenvalue weighted by molar-refractivity contribution is -0.0429. The highest BCUT2D eigenvalue weighted by atomic mass is 32.2. The zero-order valence-electron chi connectivity index (χ0n) is 9.98. The number of anilines is 2. The number of hydrogen-bond donors (Lipinski definition) is 2. The molecule has 1 aromatic carbocycles. The summed E-state index contributed by atoms with van der Waals surface area (Å²) in [6.07, 6.45) is 0. The van der Waals surface area contributed by atoms with Crippen LogP contribution < -0.4 is 10.5 Å². The average Bonchev–Trinajstić information content (AvgIpc) is 2.74. The van der Waals surface area contributed by atoms with Crippen molar-refractivity contribution < 1.29 is 26.0 Å². The summed E-state index contributed by atoms with van der Waals surface area (Å²) < 4.78 is 72.8. The van der Waals surface area contributed by atoms with E-state index in [1.807, 2.05) is 0 Å². The minimum absolute atomic E-state index is 0.0329. The molecule has 0 amide bonds. The van der Waals surface area contributed by atoms with Crippen molar-refractivity contribution in [2.24, 2.45) is 0 Å². The quantitative estimate of drug-likeness (QED) is 0.664. The number of halogens is 4. The van der Waals surface area contributed by atoms with E-state index in [0.29, 0.717) is 11.3 Å². The van der Waals surface area contributed by atoms with Crippen LogP contribution in [0.1, 0.15) is 0 Å². The number of nitrogens with zero attached hydrogens (tertiary/aromatic N) is 1. The van der Waals surface area contributed by atoms with Crippen molar-refractivity contribution >= 4 is 32.2 Å². The monoisotopic (exact) mass is 341 g/mol. The van der Waals surface area contributed by atoms with E-state index in [2.05, 4.69) is 4.98 Å². The predicted molar refractivity (Wildman–Crippen MR) is 70.5 cm³/mol. The molecule has 0 saturated heterocycles. The zero-order valence-corrected chi connectivity index (χ0v) is 11.6. The summed E-state index contributed by atoms with van der Waals surface area (Å²) in [5.74, 6) is -0.579. The molecule has 0 unspecified atom stereocenters. The molecule has 0 aliphatic heterocycles. The first kappa shape index (κ1) is 15.5. The van der Waals surface area contributed by atoms with Crippen LogP contribution >= 0.6 is 11.3 Å². The fourth-order valence-corrected chi connectivity index (χ4v) is 2.85. The largest absolute Gasteiger partial charge is 0.516 e. The van der Waals surface area contributed by atoms with Crippen LogP contribution in [0.5, 0.6) is 0 Å². The number of hydrogen-bond acceptors (Lipinski definition) is 5. The van der Waals surface area contributed by atoms with Gasteiger partial charge < -0.3 is 5.73 Å². The van der Waals surface area contributed by atoms with Crippen LogP contribution in [-0.2, 0) is 10.0 Å². The number of nitrogen functional groups attached to an aromatic ring is 1. The van der Waals surface area contributed by atoms with Crippen molar-refractivity contribution in [3.05, 3.63) is 29.4 Å². The molecular formula is C10H7F4N3O2S2. The minimum atomic E-state index is -5.53. The molecular weight excluding hydrogens is 334 g/mol. The summed E-state index contributed by atoms with van der Waals surface area (Å²) in [5.41, 5.74) is 0.580. The van der Waals surface area contributed by atoms with E-state index in [9.17, 15) is 26.0 Å². The lowest BCUT2D eigenvalue weighted by atomic mass is 10.1. The lowest BCUT2D eigenvalue weighted by Gasteiger charge is -2.07. The number of benzene rings is 1. The molecule has 21 heavy (non-hydrogen) atoms. The highest BCUT2D eigenvalue weighted by molar-refractivity contribution is 7.93. The van der Waals surface area contributed by atoms with Crippen molar-refractivity contribution in [1.82, 2.24) is 4.98 Å². The Bertz CT molecular complexity index is 771. The topological polar surface area (TPSA) is 85.1 Å². The van der Waals surface area contributed by atoms with Gasteiger partial charge in [0.1, 0.15) is 5.82 Å². The Labute approximate surface area is 120 Å². The maximum absolute atomic E-state index is 12.9. The number of alkyl halides is 3. The molecule has 2 aromatic rings. The van der Waals surface area contributed by atoms with E-state index in [4.69, 9.17) is 5.73 Å². The molecule has 0 atom stereocenters. The third kappa shape index (κ3) is 3.24. The third-order valence-electron chi connectivity index (χ3n) is 2.32. The summed E-state index contributed by atoms with van der Waals surface area (Å²) in [6.45, 7) is 0. The second-order valence-corrected chi connectivity index (χ2v) is 6.35. The van der Waals surface area contributed by atoms with E-state index < -0.39 is 26.5 Å². The van der Waals surface area contributed by atoms with E-state index >= 15 is 0 Å². The van der Waals surface area contributed by atoms with Crippen LogP contribution in [0.15, 0.2) is 23.6 Å². The molecule has 1 heterocycles. The third-order valence-corrected chi connectivity index (χ3v) is 4.28. The van der Waals surface area contributed by atoms with Crippen LogP contribution in [-0.4, -0.2) is 18.9 Å². The number of nitrogens with one attached hydrogen (secondary N) is 1. The predicted octanol–water partition coefficient (Wildman–Crippen LogP) is 2.79. The van der Waals surface area contributed by atoms with Gasteiger partial charge in [0.15, 0.2) is 5.13 Å². The van der Waals surface area contributed by atoms with Crippen molar-refractivity contribution in [3.63, 3.8) is 0 Å². The molecule has 0 aliphatic rings. The van der Waals surface area contributed by atoms with Crippen molar-refractivity contribution in [2.45, 2.75) is 5.51 Å². The molecule has 0 spiro atoms. The number of sulfonamides is 1. The molecule has 1 aromatic heterocycles. The van der Waals surface area contributed by atoms with Crippen LogP contribution in [0, 0.1) is 5.82 Å². The van der Waals surface area contributed by atoms with E-state index in [1.54, 1.807) is 0 Å². The standard InChI is InChI=1S/C10H7F4N3O2S2/c11-5-1-2-6(7(15)3-5)8-4-20-9(16-8)17-21(18,19)10(12,13)14/h1-4H,15H2,(H,16,17). The molecule has 3 N–H and O–H groups in total. The lowest BCUT2D eigenvalue weighted by Crippen LogP contribution is -2.29. The van der Waals surface area contributed by atoms with Crippen LogP contribution in [0.4, 0.5) is 28.4 Å². The van der Waals surface area contributed by atoms with Gasteiger partial charge in [-0.05, 0) is 18.2 Å². The minimum Gasteiger partial charge on any atom is -0.398 e. The maximum atomic E-state index is 12.9. The summed E-state index contributed by atoms with van der Waals surface area (Å²) >= 11 is 0.650. The Balaban J connectivity index is 2.31. The van der Waals surface area contributed by atoms with Gasteiger partial charge in [-0.3, -0.25) is 4.72 Å². The van der Waals surface area contributed by atoms with Crippen LogP contribution in [0.3, 0.4) is 0 Å². The number of rotatable bonds is 3. The molecule has 0 saturated carbocycles. The van der Waals surface area contributed by atoms with Gasteiger partial charge in [0.25, 0.3) is 0 Å². The Morgan fingerprint density at radius 2 is 1.95 bits per heavy atom. The second-order valence-electron chi connectivity index (χ2n) is 3.82. The highest BCUT2D eigenvalue weighted by Crippen LogP contribution is 2.32. The first-order valence-electron chi connectivity index (χ1n) is 5.20. The molecule has 0 radical (unpaired) electrons. The molecule has 5 nitrogen and oxygen atoms in total. The Hall–Kier alpha value is -1.88. The van der Waals surface area contributed by atoms with Crippen LogP contribution in [0.2, 0.25) is 0 Å². The fraction of sp³-hybridized carbons (Fsp3) is 0.100. The van der Waals surface area contributed by atoms with E-state index in [-0.39, 0.29) is 16.9 Å². The van der Waals surface area contributed by atoms with Crippen molar-refractivity contribution in [2.75, 3.05) is 10.5 Å². The summed E-state index contributed by atoms with van der Waals surface area (Å²) in [7, 11) is -5.53. The first-order valence-corrected chi connectivity index (χ1v) is 7.56. The van der Waals surface area contributed by atoms with Gasteiger partial charge in [-0.1, -0.05) is 0 Å². The van der Waals surface area contributed by atoms with Crippen molar-refractivity contribution in [1.29, 1.82) is 0 Å². The van der Waals surface area contributed by atoms with E-state index in [1.165, 1.54) is 16.2 Å². The van der Waals surface area contributed by atoms with Gasteiger partial charge in [-0.2, -0.15) is 21.6 Å². The Morgan fingerprint density at radius 3 is 2.52 bits per heavy atom. The SMILES string of the molecule is Nc1cc(F)ccc1-c1csc(NS(=O)(=O)C(F)(F)F)n1. The van der Waals surface area contributed by atoms with Crippen molar-refractivity contribution in [3.8, 4) is 11.3 Å². The molecule has 2 rings (SSSR count). The van der Waals surface area contributed by atoms with Crippen LogP contribution in [0.25, 0.3) is 11.3 Å². The smallest absolute Gasteiger partial charge is 0.398 e. The first-order chi connectivity index (χ1) is 9.60. The highest BCUT2D eigenvalue weighted by Gasteiger charge is 2.46. The summed E-state index contributed by atoms with van der Waals surface area (Å²) in [6, 6.07) is 3.42. The Kier molecular flexibility index (Phi) is 3.80. The van der Waals surface area contributed by atoms with Gasteiger partial charge in [-0.25, -0.2) is 9.37 Å². The van der Waals surface area contributed by atoms with Gasteiger partial charge in [0.2, 0.25) is 0 Å². The normalized spacial score (nSPS) is 12.4. The molecule has 114 valence electrons. The maximum Gasteiger partial charge on any atom is 0.516 e. The molecule has 11 heteroatoms. The van der Waals surface area contributed by atoms with Gasteiger partial charge >= 0.3 is 15.5 Å².